The molecule has 1 N–H and O–H groups in total. The van der Waals surface area contributed by atoms with E-state index in [0.29, 0.717) is 25.3 Å². The first-order chi connectivity index (χ1) is 13.7. The molecule has 0 saturated carbocycles. The van der Waals surface area contributed by atoms with Crippen LogP contribution in [0.4, 0.5) is 0 Å². The fourth-order valence-corrected chi connectivity index (χ4v) is 3.34. The van der Waals surface area contributed by atoms with Gasteiger partial charge in [0.25, 0.3) is 11.8 Å². The van der Waals surface area contributed by atoms with E-state index in [2.05, 4.69) is 34.3 Å². The fourth-order valence-electron chi connectivity index (χ4n) is 3.34. The number of aryl methyl sites for hydroxylation is 1. The zero-order valence-corrected chi connectivity index (χ0v) is 16.4. The largest absolute Gasteiger partial charge is 0.351 e. The van der Waals surface area contributed by atoms with Crippen molar-refractivity contribution < 1.29 is 9.59 Å². The Balaban J connectivity index is 1.50. The molecule has 0 spiro atoms. The predicted octanol–water partition coefficient (Wildman–Crippen LogP) is 2.22. The third kappa shape index (κ3) is 5.39. The third-order valence-electron chi connectivity index (χ3n) is 5.08. The van der Waals surface area contributed by atoms with Gasteiger partial charge in [-0.1, -0.05) is 43.3 Å². The first kappa shape index (κ1) is 20.0. The van der Waals surface area contributed by atoms with Gasteiger partial charge in [-0.2, -0.15) is 0 Å². The molecule has 1 aromatic heterocycles. The number of benzene rings is 1. The van der Waals surface area contributed by atoms with E-state index in [1.54, 1.807) is 18.2 Å². The van der Waals surface area contributed by atoms with Crippen LogP contribution in [0.3, 0.4) is 0 Å². The molecule has 2 amide bonds. The van der Waals surface area contributed by atoms with Crippen molar-refractivity contribution in [1.29, 1.82) is 0 Å². The van der Waals surface area contributed by atoms with E-state index in [-0.39, 0.29) is 17.5 Å². The minimum absolute atomic E-state index is 0.102. The molecular weight excluding hydrogens is 352 g/mol. The van der Waals surface area contributed by atoms with Crippen molar-refractivity contribution in [1.82, 2.24) is 20.1 Å². The second kappa shape index (κ2) is 9.99. The third-order valence-corrected chi connectivity index (χ3v) is 5.08. The molecule has 6 heteroatoms. The lowest BCUT2D eigenvalue weighted by molar-refractivity contribution is 0.0637. The Bertz CT molecular complexity index is 786. The van der Waals surface area contributed by atoms with Crippen molar-refractivity contribution in [2.75, 3.05) is 39.3 Å². The standard InChI is InChI=1S/C22H28N4O2/c1-2-25-14-16-26(17-15-25)22(28)20-12-6-11-19(24-20)21(27)23-13-7-10-18-8-4-3-5-9-18/h3-6,8-9,11-12H,2,7,10,13-17H2,1H3,(H,23,27). The van der Waals surface area contributed by atoms with Gasteiger partial charge in [0.2, 0.25) is 0 Å². The zero-order chi connectivity index (χ0) is 19.8. The molecule has 148 valence electrons. The van der Waals surface area contributed by atoms with E-state index in [9.17, 15) is 9.59 Å². The van der Waals surface area contributed by atoms with Gasteiger partial charge in [-0.05, 0) is 37.1 Å². The second-order valence-electron chi connectivity index (χ2n) is 6.98. The molecule has 3 rings (SSSR count). The fraction of sp³-hybridized carbons (Fsp3) is 0.409. The van der Waals surface area contributed by atoms with Crippen LogP contribution in [0.2, 0.25) is 0 Å². The summed E-state index contributed by atoms with van der Waals surface area (Å²) in [5, 5.41) is 2.90. The van der Waals surface area contributed by atoms with Crippen molar-refractivity contribution in [3.63, 3.8) is 0 Å². The predicted molar refractivity (Wildman–Crippen MR) is 109 cm³/mol. The lowest BCUT2D eigenvalue weighted by Gasteiger charge is -2.33. The number of pyridine rings is 1. The average molecular weight is 380 g/mol. The number of likely N-dealkylation sites (N-methyl/N-ethyl adjacent to an activating group) is 1. The summed E-state index contributed by atoms with van der Waals surface area (Å²) in [4.78, 5) is 33.5. The van der Waals surface area contributed by atoms with Gasteiger partial charge in [0, 0.05) is 32.7 Å². The Morgan fingerprint density at radius 3 is 2.39 bits per heavy atom. The van der Waals surface area contributed by atoms with E-state index in [1.807, 2.05) is 23.1 Å². The summed E-state index contributed by atoms with van der Waals surface area (Å²) >= 11 is 0. The Morgan fingerprint density at radius 2 is 1.68 bits per heavy atom. The summed E-state index contributed by atoms with van der Waals surface area (Å²) in [6.07, 6.45) is 1.77. The average Bonchev–Trinajstić information content (AvgIpc) is 2.77. The zero-order valence-electron chi connectivity index (χ0n) is 16.4. The summed E-state index contributed by atoms with van der Waals surface area (Å²) in [6, 6.07) is 15.2. The Kier molecular flexibility index (Phi) is 7.14. The molecule has 6 nitrogen and oxygen atoms in total. The van der Waals surface area contributed by atoms with Gasteiger partial charge < -0.3 is 15.1 Å². The number of hydrogen-bond acceptors (Lipinski definition) is 4. The molecule has 0 atom stereocenters. The van der Waals surface area contributed by atoms with Crippen molar-refractivity contribution in [3.8, 4) is 0 Å². The van der Waals surface area contributed by atoms with Gasteiger partial charge in [0.05, 0.1) is 0 Å². The normalized spacial score (nSPS) is 14.7. The summed E-state index contributed by atoms with van der Waals surface area (Å²) in [7, 11) is 0. The molecule has 28 heavy (non-hydrogen) atoms. The Labute approximate surface area is 166 Å². The molecule has 0 unspecified atom stereocenters. The van der Waals surface area contributed by atoms with Gasteiger partial charge in [-0.3, -0.25) is 9.59 Å². The van der Waals surface area contributed by atoms with Gasteiger partial charge >= 0.3 is 0 Å². The second-order valence-corrected chi connectivity index (χ2v) is 6.98. The maximum Gasteiger partial charge on any atom is 0.272 e. The van der Waals surface area contributed by atoms with Crippen LogP contribution in [-0.2, 0) is 6.42 Å². The van der Waals surface area contributed by atoms with Gasteiger partial charge in [-0.25, -0.2) is 4.98 Å². The number of nitrogens with one attached hydrogen (secondary N) is 1. The molecule has 2 aromatic rings. The van der Waals surface area contributed by atoms with Gasteiger partial charge in [-0.15, -0.1) is 0 Å². The molecule has 0 bridgehead atoms. The van der Waals surface area contributed by atoms with E-state index in [4.69, 9.17) is 0 Å². The molecule has 1 fully saturated rings. The number of amides is 2. The molecule has 1 aromatic carbocycles. The Morgan fingerprint density at radius 1 is 0.964 bits per heavy atom. The van der Waals surface area contributed by atoms with E-state index < -0.39 is 0 Å². The summed E-state index contributed by atoms with van der Waals surface area (Å²) in [5.74, 6) is -0.340. The SMILES string of the molecule is CCN1CCN(C(=O)c2cccc(C(=O)NCCCc3ccccc3)n2)CC1. The molecular formula is C22H28N4O2. The van der Waals surface area contributed by atoms with Crippen molar-refractivity contribution in [2.45, 2.75) is 19.8 Å². The van der Waals surface area contributed by atoms with Crippen LogP contribution in [-0.4, -0.2) is 65.9 Å². The quantitative estimate of drug-likeness (QED) is 0.748. The molecule has 1 aliphatic heterocycles. The van der Waals surface area contributed by atoms with Crippen LogP contribution < -0.4 is 5.32 Å². The number of aromatic nitrogens is 1. The van der Waals surface area contributed by atoms with E-state index in [0.717, 1.165) is 32.5 Å². The number of carbonyl (C=O) groups is 2. The molecule has 0 radical (unpaired) electrons. The maximum atomic E-state index is 12.7. The monoisotopic (exact) mass is 380 g/mol. The highest BCUT2D eigenvalue weighted by molar-refractivity contribution is 5.96. The maximum absolute atomic E-state index is 12.7. The molecule has 1 saturated heterocycles. The van der Waals surface area contributed by atoms with Gasteiger partial charge in [0.1, 0.15) is 11.4 Å². The highest BCUT2D eigenvalue weighted by atomic mass is 16.2. The number of piperazine rings is 1. The minimum Gasteiger partial charge on any atom is -0.351 e. The van der Waals surface area contributed by atoms with Crippen LogP contribution in [0, 0.1) is 0 Å². The first-order valence-corrected chi connectivity index (χ1v) is 9.98. The summed E-state index contributed by atoms with van der Waals surface area (Å²) < 4.78 is 0. The molecule has 0 aliphatic carbocycles. The minimum atomic E-state index is -0.237. The van der Waals surface area contributed by atoms with Crippen LogP contribution in [0.1, 0.15) is 39.9 Å². The number of hydrogen-bond donors (Lipinski definition) is 1. The van der Waals surface area contributed by atoms with E-state index >= 15 is 0 Å². The highest BCUT2D eigenvalue weighted by Crippen LogP contribution is 2.08. The molecule has 2 heterocycles. The van der Waals surface area contributed by atoms with Crippen molar-refractivity contribution >= 4 is 11.8 Å². The number of nitrogens with zero attached hydrogens (tertiary/aromatic N) is 3. The van der Waals surface area contributed by atoms with Crippen LogP contribution in [0.15, 0.2) is 48.5 Å². The number of rotatable bonds is 7. The summed E-state index contributed by atoms with van der Waals surface area (Å²) in [5.41, 5.74) is 1.88. The van der Waals surface area contributed by atoms with Crippen LogP contribution >= 0.6 is 0 Å². The van der Waals surface area contributed by atoms with Gasteiger partial charge in [0.15, 0.2) is 0 Å². The topological polar surface area (TPSA) is 65.5 Å². The Hall–Kier alpha value is -2.73. The van der Waals surface area contributed by atoms with Crippen LogP contribution in [0.25, 0.3) is 0 Å². The van der Waals surface area contributed by atoms with Crippen LogP contribution in [0.5, 0.6) is 0 Å². The highest BCUT2D eigenvalue weighted by Gasteiger charge is 2.22. The lowest BCUT2D eigenvalue weighted by atomic mass is 10.1. The van der Waals surface area contributed by atoms with Crippen molar-refractivity contribution in [2.24, 2.45) is 0 Å². The summed E-state index contributed by atoms with van der Waals surface area (Å²) in [6.45, 7) is 6.86. The number of carbonyl (C=O) groups excluding carboxylic acids is 2. The van der Waals surface area contributed by atoms with Crippen molar-refractivity contribution in [3.05, 3.63) is 65.5 Å². The first-order valence-electron chi connectivity index (χ1n) is 9.98. The lowest BCUT2D eigenvalue weighted by Crippen LogP contribution is -2.48. The molecule has 1 aliphatic rings. The van der Waals surface area contributed by atoms with E-state index in [1.165, 1.54) is 5.56 Å². The smallest absolute Gasteiger partial charge is 0.272 e.